The highest BCUT2D eigenvalue weighted by Crippen LogP contribution is 2.24. The average Bonchev–Trinajstić information content (AvgIpc) is 2.28. The van der Waals surface area contributed by atoms with Crippen molar-refractivity contribution in [1.82, 2.24) is 0 Å². The number of fused-ring (bicyclic) bond motifs is 1. The van der Waals surface area contributed by atoms with Gasteiger partial charge >= 0.3 is 0 Å². The molecule has 12 heavy (non-hydrogen) atoms. The number of benzene rings is 1. The molecule has 1 N–H and O–H groups in total. The van der Waals surface area contributed by atoms with Crippen LogP contribution in [0.3, 0.4) is 0 Å². The van der Waals surface area contributed by atoms with Gasteiger partial charge in [0.2, 0.25) is 0 Å². The van der Waals surface area contributed by atoms with Crippen LogP contribution in [0.15, 0.2) is 22.7 Å². The lowest BCUT2D eigenvalue weighted by molar-refractivity contribution is 0.785. The summed E-state index contributed by atoms with van der Waals surface area (Å²) in [6, 6.07) is 6.47. The molecule has 0 amide bonds. The SMILES string of the molecule is Brc1ccc2c(c1)CCCCN2. The summed E-state index contributed by atoms with van der Waals surface area (Å²) in [6.45, 7) is 1.12. The Morgan fingerprint density at radius 1 is 1.25 bits per heavy atom. The molecule has 0 radical (unpaired) electrons. The van der Waals surface area contributed by atoms with Gasteiger partial charge in [-0.15, -0.1) is 0 Å². The number of anilines is 1. The van der Waals surface area contributed by atoms with Gasteiger partial charge in [0.05, 0.1) is 0 Å². The first kappa shape index (κ1) is 8.11. The zero-order valence-corrected chi connectivity index (χ0v) is 8.52. The Kier molecular flexibility index (Phi) is 2.35. The summed E-state index contributed by atoms with van der Waals surface area (Å²) in [5, 5.41) is 3.43. The number of aryl methyl sites for hydroxylation is 1. The molecule has 1 nitrogen and oxygen atoms in total. The van der Waals surface area contributed by atoms with Crippen LogP contribution in [0.4, 0.5) is 5.69 Å². The summed E-state index contributed by atoms with van der Waals surface area (Å²) in [7, 11) is 0. The van der Waals surface area contributed by atoms with Crippen molar-refractivity contribution in [2.45, 2.75) is 19.3 Å². The van der Waals surface area contributed by atoms with E-state index in [0.717, 1.165) is 6.54 Å². The molecule has 0 saturated carbocycles. The molecule has 1 aromatic carbocycles. The van der Waals surface area contributed by atoms with Crippen molar-refractivity contribution in [1.29, 1.82) is 0 Å². The van der Waals surface area contributed by atoms with Crippen LogP contribution >= 0.6 is 15.9 Å². The maximum absolute atomic E-state index is 3.49. The van der Waals surface area contributed by atoms with Crippen molar-refractivity contribution in [3.05, 3.63) is 28.2 Å². The minimum Gasteiger partial charge on any atom is -0.385 e. The smallest absolute Gasteiger partial charge is 0.0373 e. The van der Waals surface area contributed by atoms with Gasteiger partial charge in [-0.25, -0.2) is 0 Å². The first-order valence-electron chi connectivity index (χ1n) is 4.38. The van der Waals surface area contributed by atoms with E-state index in [0.29, 0.717) is 0 Å². The van der Waals surface area contributed by atoms with Gasteiger partial charge in [0.15, 0.2) is 0 Å². The van der Waals surface area contributed by atoms with Crippen LogP contribution in [0.5, 0.6) is 0 Å². The number of hydrogen-bond acceptors (Lipinski definition) is 1. The fraction of sp³-hybridized carbons (Fsp3) is 0.400. The maximum atomic E-state index is 3.49. The van der Waals surface area contributed by atoms with Crippen molar-refractivity contribution < 1.29 is 0 Å². The molecular formula is C10H12BrN. The molecule has 1 aliphatic heterocycles. The van der Waals surface area contributed by atoms with Crippen molar-refractivity contribution in [2.75, 3.05) is 11.9 Å². The number of halogens is 1. The molecule has 0 spiro atoms. The molecule has 2 heteroatoms. The third kappa shape index (κ3) is 1.63. The van der Waals surface area contributed by atoms with E-state index >= 15 is 0 Å². The average molecular weight is 226 g/mol. The highest BCUT2D eigenvalue weighted by molar-refractivity contribution is 9.10. The van der Waals surface area contributed by atoms with Crippen LogP contribution in [0, 0.1) is 0 Å². The predicted octanol–water partition coefficient (Wildman–Crippen LogP) is 3.20. The second-order valence-electron chi connectivity index (χ2n) is 3.19. The van der Waals surface area contributed by atoms with Gasteiger partial charge in [0.25, 0.3) is 0 Å². The summed E-state index contributed by atoms with van der Waals surface area (Å²) in [4.78, 5) is 0. The summed E-state index contributed by atoms with van der Waals surface area (Å²) in [6.07, 6.45) is 3.80. The zero-order valence-electron chi connectivity index (χ0n) is 6.94. The second kappa shape index (κ2) is 3.48. The molecular weight excluding hydrogens is 214 g/mol. The Balaban J connectivity index is 2.36. The van der Waals surface area contributed by atoms with Gasteiger partial charge < -0.3 is 5.32 Å². The van der Waals surface area contributed by atoms with Gasteiger partial charge in [-0.2, -0.15) is 0 Å². The quantitative estimate of drug-likeness (QED) is 0.716. The Bertz CT molecular complexity index is 283. The van der Waals surface area contributed by atoms with Crippen LogP contribution in [0.1, 0.15) is 18.4 Å². The zero-order chi connectivity index (χ0) is 8.39. The first-order valence-corrected chi connectivity index (χ1v) is 5.18. The molecule has 1 aromatic rings. The van der Waals surface area contributed by atoms with E-state index in [1.165, 1.54) is 35.0 Å². The molecule has 64 valence electrons. The minimum absolute atomic E-state index is 1.12. The van der Waals surface area contributed by atoms with Gasteiger partial charge in [-0.3, -0.25) is 0 Å². The lowest BCUT2D eigenvalue weighted by atomic mass is 10.1. The minimum atomic E-state index is 1.12. The molecule has 0 atom stereocenters. The first-order chi connectivity index (χ1) is 5.86. The molecule has 1 heterocycles. The second-order valence-corrected chi connectivity index (χ2v) is 4.10. The van der Waals surface area contributed by atoms with Crippen LogP contribution in [0.25, 0.3) is 0 Å². The van der Waals surface area contributed by atoms with E-state index in [2.05, 4.69) is 39.4 Å². The standard InChI is InChI=1S/C10H12BrN/c11-9-4-5-10-8(7-9)3-1-2-6-12-10/h4-5,7,12H,1-3,6H2. The Morgan fingerprint density at radius 2 is 2.17 bits per heavy atom. The third-order valence-electron chi connectivity index (χ3n) is 2.26. The molecule has 0 unspecified atom stereocenters. The van der Waals surface area contributed by atoms with E-state index in [9.17, 15) is 0 Å². The largest absolute Gasteiger partial charge is 0.385 e. The van der Waals surface area contributed by atoms with E-state index < -0.39 is 0 Å². The number of rotatable bonds is 0. The summed E-state index contributed by atoms with van der Waals surface area (Å²) in [5.74, 6) is 0. The summed E-state index contributed by atoms with van der Waals surface area (Å²) >= 11 is 3.49. The summed E-state index contributed by atoms with van der Waals surface area (Å²) < 4.78 is 1.19. The van der Waals surface area contributed by atoms with Crippen LogP contribution < -0.4 is 5.32 Å². The molecule has 0 fully saturated rings. The van der Waals surface area contributed by atoms with Crippen molar-refractivity contribution in [3.8, 4) is 0 Å². The lowest BCUT2D eigenvalue weighted by Crippen LogP contribution is -1.98. The van der Waals surface area contributed by atoms with Crippen molar-refractivity contribution >= 4 is 21.6 Å². The number of hydrogen-bond donors (Lipinski definition) is 1. The topological polar surface area (TPSA) is 12.0 Å². The highest BCUT2D eigenvalue weighted by atomic mass is 79.9. The molecule has 0 bridgehead atoms. The van der Waals surface area contributed by atoms with Crippen molar-refractivity contribution in [2.24, 2.45) is 0 Å². The lowest BCUT2D eigenvalue weighted by Gasteiger charge is -2.06. The van der Waals surface area contributed by atoms with Gasteiger partial charge in [0.1, 0.15) is 0 Å². The Morgan fingerprint density at radius 3 is 3.08 bits per heavy atom. The van der Waals surface area contributed by atoms with Gasteiger partial charge in [0, 0.05) is 16.7 Å². The van der Waals surface area contributed by atoms with E-state index in [1.807, 2.05) is 0 Å². The Hall–Kier alpha value is -0.500. The molecule has 0 saturated heterocycles. The van der Waals surface area contributed by atoms with Crippen LogP contribution in [-0.4, -0.2) is 6.54 Å². The highest BCUT2D eigenvalue weighted by Gasteiger charge is 2.06. The molecule has 0 aliphatic carbocycles. The van der Waals surface area contributed by atoms with Crippen LogP contribution in [0.2, 0.25) is 0 Å². The number of nitrogens with one attached hydrogen (secondary N) is 1. The van der Waals surface area contributed by atoms with Gasteiger partial charge in [-0.1, -0.05) is 15.9 Å². The monoisotopic (exact) mass is 225 g/mol. The van der Waals surface area contributed by atoms with Gasteiger partial charge in [-0.05, 0) is 43.0 Å². The molecule has 1 aliphatic rings. The van der Waals surface area contributed by atoms with E-state index in [4.69, 9.17) is 0 Å². The maximum Gasteiger partial charge on any atom is 0.0373 e. The van der Waals surface area contributed by atoms with E-state index in [-0.39, 0.29) is 0 Å². The third-order valence-corrected chi connectivity index (χ3v) is 2.75. The summed E-state index contributed by atoms with van der Waals surface area (Å²) in [5.41, 5.74) is 2.76. The Labute approximate surface area is 81.3 Å². The predicted molar refractivity (Wildman–Crippen MR) is 55.6 cm³/mol. The fourth-order valence-corrected chi connectivity index (χ4v) is 2.01. The fourth-order valence-electron chi connectivity index (χ4n) is 1.61. The normalized spacial score (nSPS) is 16.1. The van der Waals surface area contributed by atoms with Crippen molar-refractivity contribution in [3.63, 3.8) is 0 Å². The van der Waals surface area contributed by atoms with Crippen LogP contribution in [-0.2, 0) is 6.42 Å². The molecule has 2 rings (SSSR count). The van der Waals surface area contributed by atoms with E-state index in [1.54, 1.807) is 0 Å². The molecule has 0 aromatic heterocycles.